The second-order valence-electron chi connectivity index (χ2n) is 10.0. The van der Waals surface area contributed by atoms with E-state index in [0.29, 0.717) is 24.7 Å². The molecule has 0 aliphatic heterocycles. The Balaban J connectivity index is 1.33. The zero-order valence-corrected chi connectivity index (χ0v) is 22.1. The number of aromatic nitrogens is 5. The summed E-state index contributed by atoms with van der Waals surface area (Å²) >= 11 is 1.29. The molecule has 0 saturated heterocycles. The molecule has 0 atom stereocenters. The van der Waals surface area contributed by atoms with E-state index in [1.165, 1.54) is 22.9 Å². The highest BCUT2D eigenvalue weighted by atomic mass is 32.2. The molecular formula is C29H30N6OS. The summed E-state index contributed by atoms with van der Waals surface area (Å²) in [6.07, 6.45) is 2.45. The molecule has 0 aliphatic rings. The molecule has 0 radical (unpaired) electrons. The number of thioether (sulfide) groups is 1. The second-order valence-corrected chi connectivity index (χ2v) is 11.0. The molecular weight excluding hydrogens is 480 g/mol. The van der Waals surface area contributed by atoms with Crippen LogP contribution in [0.5, 0.6) is 0 Å². The van der Waals surface area contributed by atoms with Crippen molar-refractivity contribution in [2.75, 3.05) is 12.3 Å². The van der Waals surface area contributed by atoms with Gasteiger partial charge in [0.2, 0.25) is 11.1 Å². The van der Waals surface area contributed by atoms with E-state index >= 15 is 0 Å². The number of carbonyl (C=O) groups excluding carboxylic acids is 1. The Bertz CT molecular complexity index is 1520. The van der Waals surface area contributed by atoms with E-state index in [-0.39, 0.29) is 17.1 Å². The van der Waals surface area contributed by atoms with Crippen LogP contribution in [0.1, 0.15) is 37.6 Å². The van der Waals surface area contributed by atoms with Gasteiger partial charge in [-0.15, -0.1) is 10.2 Å². The third kappa shape index (κ3) is 5.80. The molecule has 2 aromatic carbocycles. The Kier molecular flexibility index (Phi) is 7.19. The molecule has 1 N–H and O–H groups in total. The maximum Gasteiger partial charge on any atom is 0.230 e. The number of nitrogens with one attached hydrogen (secondary N) is 1. The summed E-state index contributed by atoms with van der Waals surface area (Å²) in [4.78, 5) is 21.5. The normalized spacial score (nSPS) is 11.8. The molecule has 3 aromatic heterocycles. The summed E-state index contributed by atoms with van der Waals surface area (Å²) in [5, 5.41) is 13.3. The number of carbonyl (C=O) groups is 1. The molecule has 1 amide bonds. The van der Waals surface area contributed by atoms with E-state index in [1.807, 2.05) is 30.3 Å². The van der Waals surface area contributed by atoms with Crippen molar-refractivity contribution in [3.63, 3.8) is 0 Å². The van der Waals surface area contributed by atoms with E-state index in [9.17, 15) is 4.79 Å². The van der Waals surface area contributed by atoms with Crippen molar-refractivity contribution in [2.45, 2.75) is 44.3 Å². The average molecular weight is 511 g/mol. The van der Waals surface area contributed by atoms with Gasteiger partial charge in [-0.3, -0.25) is 9.78 Å². The molecule has 5 aromatic rings. The molecule has 0 spiro atoms. The van der Waals surface area contributed by atoms with Crippen LogP contribution in [0.15, 0.2) is 78.1 Å². The summed E-state index contributed by atoms with van der Waals surface area (Å²) in [6, 6.07) is 22.7. The van der Waals surface area contributed by atoms with Crippen molar-refractivity contribution >= 4 is 39.7 Å². The zero-order valence-electron chi connectivity index (χ0n) is 21.3. The lowest BCUT2D eigenvalue weighted by molar-refractivity contribution is -0.118. The predicted octanol–water partition coefficient (Wildman–Crippen LogP) is 5.17. The van der Waals surface area contributed by atoms with Gasteiger partial charge < -0.3 is 9.88 Å². The number of amides is 1. The van der Waals surface area contributed by atoms with Gasteiger partial charge in [-0.05, 0) is 34.7 Å². The lowest BCUT2D eigenvalue weighted by Crippen LogP contribution is -2.27. The van der Waals surface area contributed by atoms with Crippen molar-refractivity contribution in [1.29, 1.82) is 0 Å². The smallest absolute Gasteiger partial charge is 0.230 e. The second kappa shape index (κ2) is 10.7. The molecule has 37 heavy (non-hydrogen) atoms. The molecule has 0 aliphatic carbocycles. The minimum absolute atomic E-state index is 0.0656. The lowest BCUT2D eigenvalue weighted by atomic mass is 9.87. The molecule has 0 fully saturated rings. The van der Waals surface area contributed by atoms with E-state index in [4.69, 9.17) is 4.98 Å². The Morgan fingerprint density at radius 1 is 0.973 bits per heavy atom. The Morgan fingerprint density at radius 2 is 1.76 bits per heavy atom. The Labute approximate surface area is 220 Å². The number of hydrogen-bond acceptors (Lipinski definition) is 6. The van der Waals surface area contributed by atoms with Gasteiger partial charge >= 0.3 is 0 Å². The fraction of sp³-hybridized carbons (Fsp3) is 0.276. The number of para-hydroxylation sites is 1. The largest absolute Gasteiger partial charge is 0.355 e. The van der Waals surface area contributed by atoms with E-state index in [2.05, 4.69) is 82.2 Å². The number of hydrogen-bond donors (Lipinski definition) is 1. The first kappa shape index (κ1) is 24.9. The van der Waals surface area contributed by atoms with Crippen LogP contribution in [0.2, 0.25) is 0 Å². The summed E-state index contributed by atoms with van der Waals surface area (Å²) < 4.78 is 2.18. The third-order valence-corrected chi connectivity index (χ3v) is 7.11. The molecule has 0 saturated carbocycles. The van der Waals surface area contributed by atoms with Crippen LogP contribution in [-0.4, -0.2) is 42.9 Å². The summed E-state index contributed by atoms with van der Waals surface area (Å²) in [5.41, 5.74) is 6.16. The fourth-order valence-electron chi connectivity index (χ4n) is 4.26. The number of nitrogens with zero attached hydrogens (tertiary/aromatic N) is 5. The van der Waals surface area contributed by atoms with Crippen molar-refractivity contribution in [1.82, 2.24) is 30.0 Å². The SMILES string of the molecule is CC(C)(C)c1ccc(Cn2c3ccccc3c3nnc(SCC(=O)NCCc4ccccn4)nc32)cc1. The van der Waals surface area contributed by atoms with Crippen molar-refractivity contribution in [3.8, 4) is 0 Å². The fourth-order valence-corrected chi connectivity index (χ4v) is 4.87. The summed E-state index contributed by atoms with van der Waals surface area (Å²) in [7, 11) is 0. The van der Waals surface area contributed by atoms with Crippen LogP contribution in [0.25, 0.3) is 22.1 Å². The predicted molar refractivity (Wildman–Crippen MR) is 149 cm³/mol. The average Bonchev–Trinajstić information content (AvgIpc) is 3.21. The van der Waals surface area contributed by atoms with Gasteiger partial charge in [-0.2, -0.15) is 0 Å². The third-order valence-electron chi connectivity index (χ3n) is 6.28. The summed E-state index contributed by atoms with van der Waals surface area (Å²) in [6.45, 7) is 7.87. The van der Waals surface area contributed by atoms with Gasteiger partial charge in [0, 0.05) is 36.8 Å². The first-order chi connectivity index (χ1) is 17.9. The standard InChI is InChI=1S/C29H30N6OS/c1-29(2,3)21-13-11-20(12-14-21)18-35-24-10-5-4-9-23(24)26-27(35)32-28(34-33-26)37-19-25(36)31-17-15-22-8-6-7-16-30-22/h4-14,16H,15,17-19H2,1-3H3,(H,31,36). The molecule has 0 unspecified atom stereocenters. The lowest BCUT2D eigenvalue weighted by Gasteiger charge is -2.19. The Morgan fingerprint density at radius 3 is 2.51 bits per heavy atom. The first-order valence-corrected chi connectivity index (χ1v) is 13.4. The van der Waals surface area contributed by atoms with Crippen LogP contribution in [0.4, 0.5) is 0 Å². The van der Waals surface area contributed by atoms with Crippen molar-refractivity contribution in [2.24, 2.45) is 0 Å². The molecule has 5 rings (SSSR count). The van der Waals surface area contributed by atoms with Crippen LogP contribution in [0.3, 0.4) is 0 Å². The Hall–Kier alpha value is -3.78. The number of fused-ring (bicyclic) bond motifs is 3. The number of pyridine rings is 1. The minimum atomic E-state index is -0.0656. The topological polar surface area (TPSA) is 85.6 Å². The molecule has 188 valence electrons. The van der Waals surface area contributed by atoms with Crippen LogP contribution < -0.4 is 5.32 Å². The highest BCUT2D eigenvalue weighted by Crippen LogP contribution is 2.29. The first-order valence-electron chi connectivity index (χ1n) is 12.4. The van der Waals surface area contributed by atoms with Crippen LogP contribution in [-0.2, 0) is 23.2 Å². The van der Waals surface area contributed by atoms with E-state index in [0.717, 1.165) is 27.8 Å². The number of rotatable bonds is 8. The maximum absolute atomic E-state index is 12.4. The monoisotopic (exact) mass is 510 g/mol. The van der Waals surface area contributed by atoms with Gasteiger partial charge in [0.15, 0.2) is 5.65 Å². The van der Waals surface area contributed by atoms with Gasteiger partial charge in [-0.25, -0.2) is 4.98 Å². The van der Waals surface area contributed by atoms with Crippen LogP contribution >= 0.6 is 11.8 Å². The van der Waals surface area contributed by atoms with E-state index < -0.39 is 0 Å². The van der Waals surface area contributed by atoms with Gasteiger partial charge in [0.1, 0.15) is 5.52 Å². The molecule has 7 nitrogen and oxygen atoms in total. The maximum atomic E-state index is 12.4. The molecule has 3 heterocycles. The van der Waals surface area contributed by atoms with Gasteiger partial charge in [0.25, 0.3) is 0 Å². The minimum Gasteiger partial charge on any atom is -0.355 e. The quantitative estimate of drug-likeness (QED) is 0.290. The highest BCUT2D eigenvalue weighted by Gasteiger charge is 2.17. The van der Waals surface area contributed by atoms with Gasteiger partial charge in [0.05, 0.1) is 11.3 Å². The molecule has 0 bridgehead atoms. The van der Waals surface area contributed by atoms with Crippen molar-refractivity contribution < 1.29 is 4.79 Å². The number of benzene rings is 2. The van der Waals surface area contributed by atoms with Crippen molar-refractivity contribution in [3.05, 3.63) is 89.7 Å². The van der Waals surface area contributed by atoms with E-state index in [1.54, 1.807) is 6.20 Å². The highest BCUT2D eigenvalue weighted by molar-refractivity contribution is 7.99. The molecule has 8 heteroatoms. The summed E-state index contributed by atoms with van der Waals surface area (Å²) in [5.74, 6) is 0.160. The van der Waals surface area contributed by atoms with Gasteiger partial charge in [-0.1, -0.05) is 81.1 Å². The zero-order chi connectivity index (χ0) is 25.8. The van der Waals surface area contributed by atoms with Crippen LogP contribution in [0, 0.1) is 0 Å².